The summed E-state index contributed by atoms with van der Waals surface area (Å²) in [6.07, 6.45) is 8.94. The molecule has 1 aromatic heterocycles. The van der Waals surface area contributed by atoms with Crippen LogP contribution in [0.5, 0.6) is 0 Å². The largest absolute Gasteiger partial charge is 0.373 e. The Hall–Kier alpha value is -1.00. The van der Waals surface area contributed by atoms with Crippen LogP contribution in [0.3, 0.4) is 0 Å². The van der Waals surface area contributed by atoms with Crippen LogP contribution in [0.4, 0.5) is 0 Å². The first-order valence-corrected chi connectivity index (χ1v) is 5.51. The fourth-order valence-corrected chi connectivity index (χ4v) is 1.78. The highest BCUT2D eigenvalue weighted by Gasteiger charge is 2.12. The molecular formula is C11H17N3O. The van der Waals surface area contributed by atoms with Crippen molar-refractivity contribution in [2.45, 2.75) is 31.9 Å². The van der Waals surface area contributed by atoms with E-state index in [0.29, 0.717) is 12.6 Å². The minimum Gasteiger partial charge on any atom is -0.373 e. The van der Waals surface area contributed by atoms with Crippen molar-refractivity contribution in [1.29, 1.82) is 0 Å². The molecule has 0 amide bonds. The van der Waals surface area contributed by atoms with Crippen LogP contribution in [0.2, 0.25) is 0 Å². The summed E-state index contributed by atoms with van der Waals surface area (Å²) in [6.45, 7) is 2.46. The van der Waals surface area contributed by atoms with Gasteiger partial charge in [-0.2, -0.15) is 0 Å². The van der Waals surface area contributed by atoms with Crippen LogP contribution in [0.1, 0.15) is 25.0 Å². The number of piperidine rings is 1. The van der Waals surface area contributed by atoms with E-state index >= 15 is 0 Å². The molecule has 2 rings (SSSR count). The van der Waals surface area contributed by atoms with Gasteiger partial charge in [0.05, 0.1) is 25.1 Å². The molecule has 0 unspecified atom stereocenters. The van der Waals surface area contributed by atoms with Crippen molar-refractivity contribution in [3.05, 3.63) is 24.3 Å². The molecule has 4 nitrogen and oxygen atoms in total. The first-order valence-electron chi connectivity index (χ1n) is 5.51. The number of nitrogens with one attached hydrogen (secondary N) is 1. The molecule has 1 atom stereocenters. The zero-order valence-corrected chi connectivity index (χ0v) is 8.85. The van der Waals surface area contributed by atoms with Gasteiger partial charge in [-0.25, -0.2) is 0 Å². The van der Waals surface area contributed by atoms with Gasteiger partial charge >= 0.3 is 0 Å². The van der Waals surface area contributed by atoms with Gasteiger partial charge in [0.25, 0.3) is 0 Å². The van der Waals surface area contributed by atoms with Gasteiger partial charge in [-0.3, -0.25) is 9.97 Å². The summed E-state index contributed by atoms with van der Waals surface area (Å²) in [5.74, 6) is 0. The van der Waals surface area contributed by atoms with Gasteiger partial charge in [0.2, 0.25) is 0 Å². The van der Waals surface area contributed by atoms with Gasteiger partial charge in [0, 0.05) is 18.4 Å². The Morgan fingerprint density at radius 1 is 1.40 bits per heavy atom. The van der Waals surface area contributed by atoms with Crippen molar-refractivity contribution in [2.24, 2.45) is 0 Å². The SMILES string of the molecule is c1cnc(COC[C@H]2CCCCN2)cn1. The van der Waals surface area contributed by atoms with E-state index in [1.165, 1.54) is 19.3 Å². The Bertz CT molecular complexity index is 272. The van der Waals surface area contributed by atoms with Crippen molar-refractivity contribution in [2.75, 3.05) is 13.2 Å². The zero-order valence-electron chi connectivity index (χ0n) is 8.85. The molecule has 2 heterocycles. The Labute approximate surface area is 90.1 Å². The molecule has 1 aliphatic heterocycles. The molecule has 0 saturated carbocycles. The minimum absolute atomic E-state index is 0.524. The molecular weight excluding hydrogens is 190 g/mol. The molecule has 1 N–H and O–H groups in total. The Morgan fingerprint density at radius 3 is 3.13 bits per heavy atom. The second kappa shape index (κ2) is 5.78. The number of hydrogen-bond donors (Lipinski definition) is 1. The molecule has 1 aliphatic rings. The summed E-state index contributed by atoms with van der Waals surface area (Å²) in [6, 6.07) is 0.524. The van der Waals surface area contributed by atoms with E-state index in [2.05, 4.69) is 15.3 Å². The number of rotatable bonds is 4. The van der Waals surface area contributed by atoms with Crippen LogP contribution in [-0.4, -0.2) is 29.2 Å². The normalized spacial score (nSPS) is 21.5. The average molecular weight is 207 g/mol. The summed E-state index contributed by atoms with van der Waals surface area (Å²) < 4.78 is 5.59. The number of hydrogen-bond acceptors (Lipinski definition) is 4. The van der Waals surface area contributed by atoms with Crippen LogP contribution in [0.15, 0.2) is 18.6 Å². The third-order valence-electron chi connectivity index (χ3n) is 2.60. The maximum atomic E-state index is 5.59. The molecule has 15 heavy (non-hydrogen) atoms. The number of nitrogens with zero attached hydrogens (tertiary/aromatic N) is 2. The van der Waals surface area contributed by atoms with E-state index in [0.717, 1.165) is 18.8 Å². The maximum Gasteiger partial charge on any atom is 0.0904 e. The summed E-state index contributed by atoms with van der Waals surface area (Å²) in [5, 5.41) is 3.44. The molecule has 1 aromatic rings. The van der Waals surface area contributed by atoms with Crippen LogP contribution < -0.4 is 5.32 Å². The molecule has 1 fully saturated rings. The second-order valence-corrected chi connectivity index (χ2v) is 3.86. The van der Waals surface area contributed by atoms with Gasteiger partial charge < -0.3 is 10.1 Å². The fourth-order valence-electron chi connectivity index (χ4n) is 1.78. The molecule has 4 heteroatoms. The molecule has 0 spiro atoms. The van der Waals surface area contributed by atoms with E-state index in [4.69, 9.17) is 4.74 Å². The van der Waals surface area contributed by atoms with Gasteiger partial charge in [0.1, 0.15) is 0 Å². The van der Waals surface area contributed by atoms with Crippen LogP contribution in [0, 0.1) is 0 Å². The van der Waals surface area contributed by atoms with Gasteiger partial charge in [0.15, 0.2) is 0 Å². The highest BCUT2D eigenvalue weighted by Crippen LogP contribution is 2.07. The first kappa shape index (κ1) is 10.5. The fraction of sp³-hybridized carbons (Fsp3) is 0.636. The van der Waals surface area contributed by atoms with E-state index < -0.39 is 0 Å². The van der Waals surface area contributed by atoms with Crippen LogP contribution in [0.25, 0.3) is 0 Å². The van der Waals surface area contributed by atoms with E-state index in [1.807, 2.05) is 0 Å². The van der Waals surface area contributed by atoms with Gasteiger partial charge in [-0.05, 0) is 19.4 Å². The lowest BCUT2D eigenvalue weighted by Gasteiger charge is -2.22. The molecule has 0 aliphatic carbocycles. The Balaban J connectivity index is 1.66. The standard InChI is InChI=1S/C11H17N3O/c1-2-4-13-10(3-1)8-15-9-11-7-12-5-6-14-11/h5-7,10,13H,1-4,8-9H2/t10-/m1/s1. The third kappa shape index (κ3) is 3.57. The molecule has 82 valence electrons. The topological polar surface area (TPSA) is 47.0 Å². The van der Waals surface area contributed by atoms with Crippen molar-refractivity contribution in [3.8, 4) is 0 Å². The second-order valence-electron chi connectivity index (χ2n) is 3.86. The molecule has 0 bridgehead atoms. The predicted octanol–water partition coefficient (Wildman–Crippen LogP) is 1.14. The summed E-state index contributed by atoms with van der Waals surface area (Å²) in [7, 11) is 0. The monoisotopic (exact) mass is 207 g/mol. The van der Waals surface area contributed by atoms with E-state index in [1.54, 1.807) is 18.6 Å². The highest BCUT2D eigenvalue weighted by molar-refractivity contribution is 4.92. The van der Waals surface area contributed by atoms with Crippen molar-refractivity contribution >= 4 is 0 Å². The van der Waals surface area contributed by atoms with Gasteiger partial charge in [-0.15, -0.1) is 0 Å². The Kier molecular flexibility index (Phi) is 4.05. The van der Waals surface area contributed by atoms with E-state index in [9.17, 15) is 0 Å². The lowest BCUT2D eigenvalue weighted by Crippen LogP contribution is -2.37. The van der Waals surface area contributed by atoms with Crippen molar-refractivity contribution in [1.82, 2.24) is 15.3 Å². The zero-order chi connectivity index (χ0) is 10.3. The maximum absolute atomic E-state index is 5.59. The molecule has 1 saturated heterocycles. The average Bonchev–Trinajstić information content (AvgIpc) is 2.32. The van der Waals surface area contributed by atoms with Crippen LogP contribution >= 0.6 is 0 Å². The summed E-state index contributed by atoms with van der Waals surface area (Å²) in [5.41, 5.74) is 0.897. The van der Waals surface area contributed by atoms with E-state index in [-0.39, 0.29) is 0 Å². The first-order chi connectivity index (χ1) is 7.45. The van der Waals surface area contributed by atoms with Crippen molar-refractivity contribution < 1.29 is 4.74 Å². The number of ether oxygens (including phenoxy) is 1. The summed E-state index contributed by atoms with van der Waals surface area (Å²) in [4.78, 5) is 8.15. The molecule has 0 aromatic carbocycles. The molecule has 0 radical (unpaired) electrons. The predicted molar refractivity (Wildman–Crippen MR) is 57.3 cm³/mol. The van der Waals surface area contributed by atoms with Crippen LogP contribution in [-0.2, 0) is 11.3 Å². The third-order valence-corrected chi connectivity index (χ3v) is 2.60. The lowest BCUT2D eigenvalue weighted by atomic mass is 10.1. The quantitative estimate of drug-likeness (QED) is 0.804. The Morgan fingerprint density at radius 2 is 2.40 bits per heavy atom. The highest BCUT2D eigenvalue weighted by atomic mass is 16.5. The van der Waals surface area contributed by atoms with Crippen molar-refractivity contribution in [3.63, 3.8) is 0 Å². The van der Waals surface area contributed by atoms with Gasteiger partial charge in [-0.1, -0.05) is 6.42 Å². The number of aromatic nitrogens is 2. The lowest BCUT2D eigenvalue weighted by molar-refractivity contribution is 0.0888. The minimum atomic E-state index is 0.524. The smallest absolute Gasteiger partial charge is 0.0904 e. The summed E-state index contributed by atoms with van der Waals surface area (Å²) >= 11 is 0.